The predicted molar refractivity (Wildman–Crippen MR) is 76.9 cm³/mol. The maximum atomic E-state index is 5.80. The molecule has 0 aliphatic heterocycles. The highest BCUT2D eigenvalue weighted by Crippen LogP contribution is 2.24. The summed E-state index contributed by atoms with van der Waals surface area (Å²) in [6.45, 7) is 3.08. The fraction of sp³-hybridized carbons (Fsp3) is 0.357. The van der Waals surface area contributed by atoms with Gasteiger partial charge in [-0.15, -0.1) is 11.3 Å². The molecule has 2 rings (SSSR count). The Labute approximate surface area is 117 Å². The molecule has 0 spiro atoms. The highest BCUT2D eigenvalue weighted by atomic mass is 32.1. The van der Waals surface area contributed by atoms with Crippen LogP contribution in [0.4, 0.5) is 0 Å². The van der Waals surface area contributed by atoms with Crippen LogP contribution in [0.2, 0.25) is 0 Å². The molecule has 0 bridgehead atoms. The molecule has 102 valence electrons. The molecule has 0 fully saturated rings. The monoisotopic (exact) mass is 278 g/mol. The van der Waals surface area contributed by atoms with E-state index < -0.39 is 0 Å². The number of ether oxygens (including phenoxy) is 2. The summed E-state index contributed by atoms with van der Waals surface area (Å²) in [5.74, 6) is 1.62. The zero-order valence-corrected chi connectivity index (χ0v) is 12.0. The van der Waals surface area contributed by atoms with Crippen molar-refractivity contribution in [3.05, 3.63) is 39.8 Å². The molecule has 0 radical (unpaired) electrons. The van der Waals surface area contributed by atoms with E-state index in [1.54, 1.807) is 18.4 Å². The van der Waals surface area contributed by atoms with E-state index in [2.05, 4.69) is 4.98 Å². The lowest BCUT2D eigenvalue weighted by Gasteiger charge is -2.11. The molecular weight excluding hydrogens is 260 g/mol. The summed E-state index contributed by atoms with van der Waals surface area (Å²) in [5, 5.41) is 0. The number of thiazole rings is 1. The van der Waals surface area contributed by atoms with Gasteiger partial charge >= 0.3 is 0 Å². The summed E-state index contributed by atoms with van der Waals surface area (Å²) in [6.07, 6.45) is 0.868. The zero-order valence-electron chi connectivity index (χ0n) is 11.2. The number of aromatic nitrogens is 1. The van der Waals surface area contributed by atoms with Gasteiger partial charge in [0.05, 0.1) is 24.9 Å². The standard InChI is InChI=1S/C14H18N2O2S/c1-10-14(19-9-16-10)5-6-18-13-4-3-12(17-2)7-11(13)8-15/h3-4,7,9H,5-6,8,15H2,1-2H3. The van der Waals surface area contributed by atoms with Crippen molar-refractivity contribution >= 4 is 11.3 Å². The first-order valence-corrected chi connectivity index (χ1v) is 7.01. The second-order valence-electron chi connectivity index (χ2n) is 4.14. The molecule has 1 aromatic heterocycles. The number of rotatable bonds is 6. The van der Waals surface area contributed by atoms with E-state index in [1.165, 1.54) is 4.88 Å². The molecular formula is C14H18N2O2S. The van der Waals surface area contributed by atoms with Crippen LogP contribution in [0.15, 0.2) is 23.7 Å². The van der Waals surface area contributed by atoms with Crippen molar-refractivity contribution in [3.8, 4) is 11.5 Å². The van der Waals surface area contributed by atoms with Crippen LogP contribution in [0.25, 0.3) is 0 Å². The molecule has 0 amide bonds. The minimum atomic E-state index is 0.437. The molecule has 0 unspecified atom stereocenters. The molecule has 19 heavy (non-hydrogen) atoms. The molecule has 4 nitrogen and oxygen atoms in total. The van der Waals surface area contributed by atoms with Crippen LogP contribution < -0.4 is 15.2 Å². The van der Waals surface area contributed by atoms with Crippen LogP contribution in [0.1, 0.15) is 16.1 Å². The summed E-state index contributed by atoms with van der Waals surface area (Å²) < 4.78 is 11.0. The third-order valence-electron chi connectivity index (χ3n) is 2.92. The number of nitrogens with two attached hydrogens (primary N) is 1. The van der Waals surface area contributed by atoms with Gasteiger partial charge in [-0.05, 0) is 25.1 Å². The molecule has 1 aromatic carbocycles. The third kappa shape index (κ3) is 3.45. The summed E-state index contributed by atoms with van der Waals surface area (Å²) in [7, 11) is 1.64. The Bertz CT molecular complexity index is 540. The van der Waals surface area contributed by atoms with Gasteiger partial charge in [0, 0.05) is 23.4 Å². The lowest BCUT2D eigenvalue weighted by Crippen LogP contribution is -2.06. The van der Waals surface area contributed by atoms with E-state index in [4.69, 9.17) is 15.2 Å². The van der Waals surface area contributed by atoms with E-state index in [1.807, 2.05) is 30.6 Å². The third-order valence-corrected chi connectivity index (χ3v) is 3.91. The summed E-state index contributed by atoms with van der Waals surface area (Å²) in [6, 6.07) is 5.69. The molecule has 5 heteroatoms. The fourth-order valence-corrected chi connectivity index (χ4v) is 2.57. The Morgan fingerprint density at radius 2 is 2.21 bits per heavy atom. The number of aryl methyl sites for hydroxylation is 1. The summed E-state index contributed by atoms with van der Waals surface area (Å²) in [4.78, 5) is 5.49. The average molecular weight is 278 g/mol. The number of hydrogen-bond donors (Lipinski definition) is 1. The second kappa shape index (κ2) is 6.54. The van der Waals surface area contributed by atoms with Crippen molar-refractivity contribution < 1.29 is 9.47 Å². The van der Waals surface area contributed by atoms with Crippen LogP contribution in [-0.4, -0.2) is 18.7 Å². The Kier molecular flexibility index (Phi) is 4.76. The van der Waals surface area contributed by atoms with E-state index in [-0.39, 0.29) is 0 Å². The van der Waals surface area contributed by atoms with E-state index in [0.29, 0.717) is 13.2 Å². The largest absolute Gasteiger partial charge is 0.497 e. The number of nitrogens with zero attached hydrogens (tertiary/aromatic N) is 1. The first kappa shape index (κ1) is 13.8. The van der Waals surface area contributed by atoms with Crippen molar-refractivity contribution in [2.45, 2.75) is 19.9 Å². The van der Waals surface area contributed by atoms with Gasteiger partial charge in [0.2, 0.25) is 0 Å². The van der Waals surface area contributed by atoms with Gasteiger partial charge in [-0.2, -0.15) is 0 Å². The maximum absolute atomic E-state index is 5.80. The Balaban J connectivity index is 1.97. The molecule has 0 aliphatic carbocycles. The number of hydrogen-bond acceptors (Lipinski definition) is 5. The van der Waals surface area contributed by atoms with E-state index in [0.717, 1.165) is 29.2 Å². The zero-order chi connectivity index (χ0) is 13.7. The molecule has 1 heterocycles. The van der Waals surface area contributed by atoms with Crippen molar-refractivity contribution in [1.82, 2.24) is 4.98 Å². The maximum Gasteiger partial charge on any atom is 0.124 e. The Morgan fingerprint density at radius 1 is 1.37 bits per heavy atom. The van der Waals surface area contributed by atoms with Gasteiger partial charge in [-0.1, -0.05) is 0 Å². The minimum absolute atomic E-state index is 0.437. The van der Waals surface area contributed by atoms with Gasteiger partial charge < -0.3 is 15.2 Å². The Hall–Kier alpha value is -1.59. The Morgan fingerprint density at radius 3 is 2.84 bits per heavy atom. The average Bonchev–Trinajstić information content (AvgIpc) is 2.84. The van der Waals surface area contributed by atoms with Crippen LogP contribution in [-0.2, 0) is 13.0 Å². The van der Waals surface area contributed by atoms with Crippen molar-refractivity contribution in [2.75, 3.05) is 13.7 Å². The summed E-state index contributed by atoms with van der Waals surface area (Å²) >= 11 is 1.66. The molecule has 2 aromatic rings. The van der Waals surface area contributed by atoms with Crippen LogP contribution in [0.3, 0.4) is 0 Å². The van der Waals surface area contributed by atoms with Gasteiger partial charge in [0.1, 0.15) is 11.5 Å². The highest BCUT2D eigenvalue weighted by Gasteiger charge is 2.06. The second-order valence-corrected chi connectivity index (χ2v) is 5.08. The van der Waals surface area contributed by atoms with Gasteiger partial charge in [0.25, 0.3) is 0 Å². The van der Waals surface area contributed by atoms with Crippen molar-refractivity contribution in [2.24, 2.45) is 5.73 Å². The van der Waals surface area contributed by atoms with Crippen molar-refractivity contribution in [3.63, 3.8) is 0 Å². The van der Waals surface area contributed by atoms with Crippen molar-refractivity contribution in [1.29, 1.82) is 0 Å². The van der Waals surface area contributed by atoms with Gasteiger partial charge in [-0.25, -0.2) is 4.98 Å². The van der Waals surface area contributed by atoms with Crippen LogP contribution in [0.5, 0.6) is 11.5 Å². The predicted octanol–water partition coefficient (Wildman–Crippen LogP) is 2.54. The minimum Gasteiger partial charge on any atom is -0.497 e. The first-order valence-electron chi connectivity index (χ1n) is 6.13. The van der Waals surface area contributed by atoms with Crippen LogP contribution in [0, 0.1) is 6.92 Å². The lowest BCUT2D eigenvalue weighted by atomic mass is 10.2. The summed E-state index contributed by atoms with van der Waals surface area (Å²) in [5.41, 5.74) is 9.63. The topological polar surface area (TPSA) is 57.4 Å². The molecule has 0 saturated heterocycles. The SMILES string of the molecule is COc1ccc(OCCc2scnc2C)c(CN)c1. The van der Waals surface area contributed by atoms with Crippen LogP contribution >= 0.6 is 11.3 Å². The quantitative estimate of drug-likeness (QED) is 0.882. The normalized spacial score (nSPS) is 10.5. The lowest BCUT2D eigenvalue weighted by molar-refractivity contribution is 0.318. The van der Waals surface area contributed by atoms with Gasteiger partial charge in [0.15, 0.2) is 0 Å². The van der Waals surface area contributed by atoms with E-state index in [9.17, 15) is 0 Å². The highest BCUT2D eigenvalue weighted by molar-refractivity contribution is 7.09. The fourth-order valence-electron chi connectivity index (χ4n) is 1.80. The smallest absolute Gasteiger partial charge is 0.124 e. The van der Waals surface area contributed by atoms with E-state index >= 15 is 0 Å². The molecule has 0 aliphatic rings. The molecule has 0 saturated carbocycles. The molecule has 2 N–H and O–H groups in total. The van der Waals surface area contributed by atoms with Gasteiger partial charge in [-0.3, -0.25) is 0 Å². The first-order chi connectivity index (χ1) is 9.24. The number of methoxy groups -OCH3 is 1. The molecule has 0 atom stereocenters. The number of benzene rings is 1.